The lowest BCUT2D eigenvalue weighted by atomic mass is 10.2. The van der Waals surface area contributed by atoms with Gasteiger partial charge in [-0.15, -0.1) is 11.3 Å². The first-order valence-electron chi connectivity index (χ1n) is 6.73. The van der Waals surface area contributed by atoms with Crippen LogP contribution < -0.4 is 0 Å². The molecule has 2 heterocycles. The molecule has 0 saturated heterocycles. The number of hydrogen-bond acceptors (Lipinski definition) is 4. The van der Waals surface area contributed by atoms with E-state index in [4.69, 9.17) is 4.43 Å². The first-order chi connectivity index (χ1) is 9.13. The molecule has 6 heteroatoms. The third-order valence-corrected chi connectivity index (χ3v) is 9.42. The van der Waals surface area contributed by atoms with Gasteiger partial charge < -0.3 is 4.43 Å². The molecular weight excluding hydrogens is 288 g/mol. The van der Waals surface area contributed by atoms with Gasteiger partial charge in [0.25, 0.3) is 0 Å². The van der Waals surface area contributed by atoms with Gasteiger partial charge in [0, 0.05) is 11.6 Å². The highest BCUT2D eigenvalue weighted by molar-refractivity contribution is 7.15. The van der Waals surface area contributed by atoms with Gasteiger partial charge in [-0.3, -0.25) is 9.20 Å². The van der Waals surface area contributed by atoms with Crippen molar-refractivity contribution >= 4 is 30.3 Å². The second-order valence-corrected chi connectivity index (χ2v) is 12.3. The number of hydrogen-bond donors (Lipinski definition) is 0. The van der Waals surface area contributed by atoms with E-state index in [1.54, 1.807) is 0 Å². The quantitative estimate of drug-likeness (QED) is 0.635. The first kappa shape index (κ1) is 15.4. The van der Waals surface area contributed by atoms with Gasteiger partial charge in [0.05, 0.1) is 6.61 Å². The molecule has 0 aromatic carbocycles. The zero-order chi connectivity index (χ0) is 15.1. The smallest absolute Gasteiger partial charge is 0.208 e. The van der Waals surface area contributed by atoms with E-state index in [9.17, 15) is 4.79 Å². The normalized spacial score (nSPS) is 13.1. The molecule has 0 N–H and O–H groups in total. The summed E-state index contributed by atoms with van der Waals surface area (Å²) in [6.07, 6.45) is 1.94. The number of imidazole rings is 1. The maximum atomic E-state index is 12.4. The highest BCUT2D eigenvalue weighted by atomic mass is 32.1. The molecule has 0 radical (unpaired) electrons. The van der Waals surface area contributed by atoms with Crippen molar-refractivity contribution < 1.29 is 9.22 Å². The van der Waals surface area contributed by atoms with Gasteiger partial charge in [0.1, 0.15) is 16.3 Å². The van der Waals surface area contributed by atoms with Crippen molar-refractivity contribution in [3.05, 3.63) is 23.1 Å². The fourth-order valence-electron chi connectivity index (χ4n) is 1.68. The fraction of sp³-hybridized carbons (Fsp3) is 0.571. The average molecular weight is 310 g/mol. The van der Waals surface area contributed by atoms with E-state index in [2.05, 4.69) is 38.8 Å². The number of nitrogens with zero attached hydrogens (tertiary/aromatic N) is 2. The molecule has 0 fully saturated rings. The Hall–Kier alpha value is -0.983. The molecule has 4 nitrogen and oxygen atoms in total. The Kier molecular flexibility index (Phi) is 3.92. The van der Waals surface area contributed by atoms with Crippen LogP contribution in [0, 0.1) is 6.92 Å². The number of carbonyl (C=O) groups excluding carboxylic acids is 1. The zero-order valence-electron chi connectivity index (χ0n) is 13.0. The molecule has 0 unspecified atom stereocenters. The average Bonchev–Trinajstić information content (AvgIpc) is 2.89. The lowest BCUT2D eigenvalue weighted by Crippen LogP contribution is -2.42. The number of Topliss-reactive ketones (excluding diaryl/α,β-unsaturated/α-hetero) is 1. The molecule has 0 spiro atoms. The summed E-state index contributed by atoms with van der Waals surface area (Å²) in [6.45, 7) is 12.8. The van der Waals surface area contributed by atoms with Gasteiger partial charge in [-0.25, -0.2) is 4.98 Å². The number of aryl methyl sites for hydroxylation is 1. The summed E-state index contributed by atoms with van der Waals surface area (Å²) in [5.41, 5.74) is 0.538. The molecule has 2 rings (SSSR count). The monoisotopic (exact) mass is 310 g/mol. The highest BCUT2D eigenvalue weighted by Gasteiger charge is 2.37. The van der Waals surface area contributed by atoms with E-state index in [1.165, 1.54) is 11.3 Å². The predicted octanol–water partition coefficient (Wildman–Crippen LogP) is 3.91. The maximum Gasteiger partial charge on any atom is 0.208 e. The molecule has 2 aromatic heterocycles. The Morgan fingerprint density at radius 2 is 2.10 bits per heavy atom. The van der Waals surface area contributed by atoms with Crippen molar-refractivity contribution in [1.82, 2.24) is 9.38 Å². The predicted molar refractivity (Wildman–Crippen MR) is 85.3 cm³/mol. The van der Waals surface area contributed by atoms with Gasteiger partial charge in [0.15, 0.2) is 8.32 Å². The summed E-state index contributed by atoms with van der Waals surface area (Å²) in [4.78, 5) is 17.7. The van der Waals surface area contributed by atoms with Gasteiger partial charge in [-0.1, -0.05) is 20.8 Å². The minimum absolute atomic E-state index is 0.0251. The Morgan fingerprint density at radius 1 is 1.45 bits per heavy atom. The third kappa shape index (κ3) is 2.73. The maximum absolute atomic E-state index is 12.4. The summed E-state index contributed by atoms with van der Waals surface area (Å²) in [5, 5.41) is 2.07. The molecule has 2 aromatic rings. The summed E-state index contributed by atoms with van der Waals surface area (Å²) in [5.74, 6) is 0.819. The largest absolute Gasteiger partial charge is 0.409 e. The second-order valence-electron chi connectivity index (χ2n) is 6.56. The highest BCUT2D eigenvalue weighted by Crippen LogP contribution is 2.36. The molecule has 0 aliphatic heterocycles. The van der Waals surface area contributed by atoms with Crippen LogP contribution in [-0.4, -0.2) is 30.1 Å². The van der Waals surface area contributed by atoms with Crippen LogP contribution in [0.4, 0.5) is 0 Å². The topological polar surface area (TPSA) is 43.6 Å². The number of aromatic nitrogens is 2. The van der Waals surface area contributed by atoms with Crippen molar-refractivity contribution in [2.75, 3.05) is 6.61 Å². The summed E-state index contributed by atoms with van der Waals surface area (Å²) < 4.78 is 7.94. The summed E-state index contributed by atoms with van der Waals surface area (Å²) in [7, 11) is -1.90. The van der Waals surface area contributed by atoms with Crippen LogP contribution in [0.5, 0.6) is 0 Å². The van der Waals surface area contributed by atoms with Crippen molar-refractivity contribution in [3.8, 4) is 0 Å². The van der Waals surface area contributed by atoms with E-state index in [1.807, 2.05) is 22.9 Å². The summed E-state index contributed by atoms with van der Waals surface area (Å²) in [6, 6.07) is 0. The Balaban J connectivity index is 2.15. The van der Waals surface area contributed by atoms with Crippen molar-refractivity contribution in [1.29, 1.82) is 0 Å². The molecule has 0 atom stereocenters. The van der Waals surface area contributed by atoms with E-state index in [0.29, 0.717) is 5.69 Å². The Morgan fingerprint density at radius 3 is 2.70 bits per heavy atom. The van der Waals surface area contributed by atoms with Crippen LogP contribution >= 0.6 is 11.3 Å². The van der Waals surface area contributed by atoms with Crippen LogP contribution in [0.3, 0.4) is 0 Å². The van der Waals surface area contributed by atoms with Crippen LogP contribution in [0.1, 0.15) is 37.1 Å². The van der Waals surface area contributed by atoms with E-state index >= 15 is 0 Å². The lowest BCUT2D eigenvalue weighted by molar-refractivity contribution is 0.0908. The molecule has 0 aliphatic carbocycles. The van der Waals surface area contributed by atoms with Crippen LogP contribution in [0.25, 0.3) is 4.83 Å². The van der Waals surface area contributed by atoms with Crippen molar-refractivity contribution in [3.63, 3.8) is 0 Å². The van der Waals surface area contributed by atoms with E-state index in [0.717, 1.165) is 10.7 Å². The van der Waals surface area contributed by atoms with Gasteiger partial charge >= 0.3 is 0 Å². The number of fused-ring (bicyclic) bond motifs is 1. The SMILES string of the molecule is Cc1nc(C(=O)CO[Si](C)(C)C(C)(C)C)c2sccn12. The van der Waals surface area contributed by atoms with Crippen LogP contribution in [-0.2, 0) is 4.43 Å². The molecule has 0 saturated carbocycles. The first-order valence-corrected chi connectivity index (χ1v) is 10.5. The number of ketones is 1. The Labute approximate surface area is 124 Å². The molecule has 0 bridgehead atoms. The van der Waals surface area contributed by atoms with E-state index in [-0.39, 0.29) is 17.4 Å². The third-order valence-electron chi connectivity index (χ3n) is 4.07. The number of carbonyl (C=O) groups is 1. The molecule has 110 valence electrons. The standard InChI is InChI=1S/C14H22N2O2SSi/c1-10-15-12(13-16(10)7-8-19-13)11(17)9-18-20(5,6)14(2,3)4/h7-8H,9H2,1-6H3. The van der Waals surface area contributed by atoms with Gasteiger partial charge in [-0.2, -0.15) is 0 Å². The van der Waals surface area contributed by atoms with Crippen LogP contribution in [0.2, 0.25) is 18.1 Å². The molecule has 0 aliphatic rings. The number of thiazole rings is 1. The summed E-state index contributed by atoms with van der Waals surface area (Å²) >= 11 is 1.54. The lowest BCUT2D eigenvalue weighted by Gasteiger charge is -2.35. The second kappa shape index (κ2) is 5.09. The number of rotatable bonds is 4. The molecular formula is C14H22N2O2SSi. The van der Waals surface area contributed by atoms with Gasteiger partial charge in [0.2, 0.25) is 5.78 Å². The van der Waals surface area contributed by atoms with Crippen molar-refractivity contribution in [2.24, 2.45) is 0 Å². The molecule has 20 heavy (non-hydrogen) atoms. The minimum atomic E-state index is -1.90. The van der Waals surface area contributed by atoms with Crippen LogP contribution in [0.15, 0.2) is 11.6 Å². The minimum Gasteiger partial charge on any atom is -0.409 e. The van der Waals surface area contributed by atoms with E-state index < -0.39 is 8.32 Å². The fourth-order valence-corrected chi connectivity index (χ4v) is 3.49. The molecule has 0 amide bonds. The van der Waals surface area contributed by atoms with Crippen molar-refractivity contribution in [2.45, 2.75) is 45.8 Å². The van der Waals surface area contributed by atoms with Gasteiger partial charge in [-0.05, 0) is 25.1 Å². The zero-order valence-corrected chi connectivity index (χ0v) is 14.8. The Bertz CT molecular complexity index is 637.